The molecular formula is C15H22O3Zr. The van der Waals surface area contributed by atoms with Crippen molar-refractivity contribution in [2.45, 2.75) is 24.4 Å². The normalized spacial score (nSPS) is 17.7. The van der Waals surface area contributed by atoms with Crippen molar-refractivity contribution in [2.24, 2.45) is 0 Å². The second kappa shape index (κ2) is 6.94. The average Bonchev–Trinajstić information content (AvgIpc) is 2.84. The van der Waals surface area contributed by atoms with Gasteiger partial charge in [-0.2, -0.15) is 0 Å². The molecule has 0 radical (unpaired) electrons. The van der Waals surface area contributed by atoms with Crippen LogP contribution in [0.2, 0.25) is 0 Å². The van der Waals surface area contributed by atoms with Gasteiger partial charge in [0.15, 0.2) is 0 Å². The summed E-state index contributed by atoms with van der Waals surface area (Å²) >= 11 is -3.56. The van der Waals surface area contributed by atoms with Crippen LogP contribution in [0.1, 0.15) is 35.5 Å². The van der Waals surface area contributed by atoms with E-state index in [4.69, 9.17) is 8.44 Å². The van der Waals surface area contributed by atoms with E-state index in [1.165, 1.54) is 11.1 Å². The summed E-state index contributed by atoms with van der Waals surface area (Å²) in [4.78, 5) is 0. The van der Waals surface area contributed by atoms with Crippen LogP contribution in [-0.2, 0) is 30.0 Å². The molecule has 1 unspecified atom stereocenters. The molecule has 4 heteroatoms. The molecule has 2 rings (SSSR count). The summed E-state index contributed by atoms with van der Waals surface area (Å²) in [7, 11) is 0. The van der Waals surface area contributed by atoms with Crippen LogP contribution in [0.5, 0.6) is 0 Å². The number of allylic oxidation sites excluding steroid dienone is 1. The molecular weight excluding hydrogens is 319 g/mol. The monoisotopic (exact) mass is 340 g/mol. The average molecular weight is 342 g/mol. The van der Waals surface area contributed by atoms with E-state index in [0.717, 1.165) is 0 Å². The number of fused-ring (bicyclic) bond motifs is 1. The standard InChI is InChI=1S/C9H7.3C2H5O.Zr/c1-2-5-9-7-3-6-8(9)4-1;3*1-2-3;/h1-7H;3*2H2,1H3;/q;3*-1;+3. The first-order valence-corrected chi connectivity index (χ1v) is 11.4. The van der Waals surface area contributed by atoms with Crippen molar-refractivity contribution in [1.82, 2.24) is 0 Å². The van der Waals surface area contributed by atoms with E-state index < -0.39 is 21.6 Å². The molecule has 0 amide bonds. The van der Waals surface area contributed by atoms with Crippen molar-refractivity contribution in [2.75, 3.05) is 19.8 Å². The zero-order valence-electron chi connectivity index (χ0n) is 11.9. The summed E-state index contributed by atoms with van der Waals surface area (Å²) in [5.41, 5.74) is 2.54. The molecule has 0 N–H and O–H groups in total. The van der Waals surface area contributed by atoms with E-state index >= 15 is 0 Å². The summed E-state index contributed by atoms with van der Waals surface area (Å²) in [6.45, 7) is 7.95. The molecule has 1 aliphatic carbocycles. The third-order valence-corrected chi connectivity index (χ3v) is 11.4. The summed E-state index contributed by atoms with van der Waals surface area (Å²) in [6, 6.07) is 8.42. The predicted octanol–water partition coefficient (Wildman–Crippen LogP) is 3.76. The maximum atomic E-state index is 6.07. The Balaban J connectivity index is 2.36. The van der Waals surface area contributed by atoms with E-state index in [-0.39, 0.29) is 3.63 Å². The van der Waals surface area contributed by atoms with Gasteiger partial charge in [0.05, 0.1) is 0 Å². The molecule has 1 atom stereocenters. The molecule has 1 aliphatic rings. The number of benzene rings is 1. The molecule has 3 nitrogen and oxygen atoms in total. The Kier molecular flexibility index (Phi) is 5.52. The van der Waals surface area contributed by atoms with Crippen LogP contribution in [0.4, 0.5) is 0 Å². The topological polar surface area (TPSA) is 27.7 Å². The maximum absolute atomic E-state index is 6.07. The molecule has 0 spiro atoms. The van der Waals surface area contributed by atoms with Gasteiger partial charge in [0.1, 0.15) is 0 Å². The molecule has 0 fully saturated rings. The van der Waals surface area contributed by atoms with Crippen molar-refractivity contribution in [3.63, 3.8) is 0 Å². The van der Waals surface area contributed by atoms with Gasteiger partial charge >= 0.3 is 122 Å². The first kappa shape index (κ1) is 15.1. The number of hydrogen-bond acceptors (Lipinski definition) is 3. The van der Waals surface area contributed by atoms with Crippen molar-refractivity contribution >= 4 is 6.08 Å². The predicted molar refractivity (Wildman–Crippen MR) is 73.1 cm³/mol. The van der Waals surface area contributed by atoms with Crippen LogP contribution in [0.25, 0.3) is 6.08 Å². The molecule has 1 aromatic carbocycles. The minimum absolute atomic E-state index is 0.186. The van der Waals surface area contributed by atoms with Crippen LogP contribution >= 0.6 is 0 Å². The van der Waals surface area contributed by atoms with E-state index in [1.807, 2.05) is 20.8 Å². The molecule has 0 saturated carbocycles. The summed E-state index contributed by atoms with van der Waals surface area (Å²) in [6.07, 6.45) is 4.35. The van der Waals surface area contributed by atoms with E-state index in [0.29, 0.717) is 19.8 Å². The molecule has 1 aromatic rings. The van der Waals surface area contributed by atoms with Gasteiger partial charge in [0, 0.05) is 0 Å². The van der Waals surface area contributed by atoms with Crippen LogP contribution in [0.15, 0.2) is 30.3 Å². The van der Waals surface area contributed by atoms with Crippen LogP contribution in [0.3, 0.4) is 0 Å². The zero-order chi connectivity index (χ0) is 13.7. The Labute approximate surface area is 121 Å². The molecule has 0 heterocycles. The summed E-state index contributed by atoms with van der Waals surface area (Å²) < 4.78 is 18.4. The van der Waals surface area contributed by atoms with Crippen molar-refractivity contribution in [1.29, 1.82) is 0 Å². The van der Waals surface area contributed by atoms with E-state index in [1.54, 1.807) is 0 Å². The molecule has 0 aliphatic heterocycles. The van der Waals surface area contributed by atoms with Crippen molar-refractivity contribution < 1.29 is 30.0 Å². The van der Waals surface area contributed by atoms with Gasteiger partial charge in [-0.25, -0.2) is 0 Å². The zero-order valence-corrected chi connectivity index (χ0v) is 14.3. The van der Waals surface area contributed by atoms with Gasteiger partial charge in [-0.05, 0) is 0 Å². The Morgan fingerprint density at radius 1 is 0.947 bits per heavy atom. The van der Waals surface area contributed by atoms with Gasteiger partial charge in [0.2, 0.25) is 0 Å². The quantitative estimate of drug-likeness (QED) is 0.756. The summed E-state index contributed by atoms with van der Waals surface area (Å²) in [5, 5.41) is 0. The fourth-order valence-electron chi connectivity index (χ4n) is 2.56. The van der Waals surface area contributed by atoms with Gasteiger partial charge in [-0.15, -0.1) is 0 Å². The first-order chi connectivity index (χ1) is 9.27. The Morgan fingerprint density at radius 2 is 1.53 bits per heavy atom. The molecule has 0 bridgehead atoms. The van der Waals surface area contributed by atoms with Crippen molar-refractivity contribution in [3.8, 4) is 0 Å². The SMILES string of the molecule is CC[O][Zr]([O]CC)([O]CC)[CH]1C=Cc2ccccc21. The molecule has 19 heavy (non-hydrogen) atoms. The van der Waals surface area contributed by atoms with Crippen LogP contribution < -0.4 is 0 Å². The van der Waals surface area contributed by atoms with E-state index in [2.05, 4.69) is 36.4 Å². The number of hydrogen-bond donors (Lipinski definition) is 0. The second-order valence-corrected chi connectivity index (χ2v) is 11.0. The van der Waals surface area contributed by atoms with Gasteiger partial charge in [-0.3, -0.25) is 0 Å². The van der Waals surface area contributed by atoms with Crippen molar-refractivity contribution in [3.05, 3.63) is 41.5 Å². The van der Waals surface area contributed by atoms with Crippen LogP contribution in [0, 0.1) is 0 Å². The molecule has 0 saturated heterocycles. The van der Waals surface area contributed by atoms with Gasteiger partial charge < -0.3 is 0 Å². The van der Waals surface area contributed by atoms with Crippen LogP contribution in [-0.4, -0.2) is 19.8 Å². The number of rotatable bonds is 7. The van der Waals surface area contributed by atoms with E-state index in [9.17, 15) is 0 Å². The second-order valence-electron chi connectivity index (χ2n) is 4.37. The minimum atomic E-state index is -3.56. The third kappa shape index (κ3) is 3.08. The Hall–Kier alpha value is -0.277. The fourth-order valence-corrected chi connectivity index (χ4v) is 9.86. The molecule has 0 aromatic heterocycles. The Bertz CT molecular complexity index is 428. The third-order valence-electron chi connectivity index (χ3n) is 3.22. The Morgan fingerprint density at radius 3 is 2.11 bits per heavy atom. The summed E-state index contributed by atoms with van der Waals surface area (Å²) in [5.74, 6) is 0. The van der Waals surface area contributed by atoms with Gasteiger partial charge in [-0.1, -0.05) is 0 Å². The van der Waals surface area contributed by atoms with Gasteiger partial charge in [0.25, 0.3) is 0 Å². The first-order valence-electron chi connectivity index (χ1n) is 6.96. The molecule has 104 valence electrons. The fraction of sp³-hybridized carbons (Fsp3) is 0.467.